The van der Waals surface area contributed by atoms with Gasteiger partial charge >= 0.3 is 12.4 Å². The van der Waals surface area contributed by atoms with Gasteiger partial charge in [0.15, 0.2) is 0 Å². The lowest BCUT2D eigenvalue weighted by molar-refractivity contribution is -0.274. The fraction of sp³-hybridized carbons (Fsp3) is 0.0741. The number of ether oxygens (including phenoxy) is 1. The molecule has 1 saturated heterocycles. The Labute approximate surface area is 225 Å². The molecule has 2 N–H and O–H groups in total. The van der Waals surface area contributed by atoms with E-state index in [0.717, 1.165) is 17.0 Å². The van der Waals surface area contributed by atoms with Gasteiger partial charge < -0.3 is 15.4 Å². The molecule has 0 bridgehead atoms. The second kappa shape index (κ2) is 10.7. The molecule has 1 aliphatic heterocycles. The molecule has 0 saturated carbocycles. The largest absolute Gasteiger partial charge is 0.573 e. The van der Waals surface area contributed by atoms with Gasteiger partial charge in [0.25, 0.3) is 5.91 Å². The Morgan fingerprint density at radius 3 is 1.90 bits per heavy atom. The van der Waals surface area contributed by atoms with Crippen LogP contribution in [-0.2, 0) is 11.3 Å². The minimum atomic E-state index is -4.87. The quantitative estimate of drug-likeness (QED) is 0.212. The van der Waals surface area contributed by atoms with E-state index in [9.17, 15) is 22.8 Å². The zero-order chi connectivity index (χ0) is 28.3. The minimum Gasteiger partial charge on any atom is -0.406 e. The van der Waals surface area contributed by atoms with E-state index in [4.69, 9.17) is 0 Å². The van der Waals surface area contributed by atoms with Crippen molar-refractivity contribution >= 4 is 40.9 Å². The molecule has 3 aromatic heterocycles. The molecular formula is C27H20F3N7O3. The van der Waals surface area contributed by atoms with Crippen molar-refractivity contribution in [2.75, 3.05) is 15.5 Å². The number of halogens is 3. The lowest BCUT2D eigenvalue weighted by atomic mass is 10.2. The number of nitrogens with one attached hydrogen (secondary N) is 2. The SMILES string of the molecule is C=C1C(=O)N(c2ccc(OC(F)(F)F)cc2)C(=O)N1Cc1cc(Nc2ccccn2)nc(Nc2ccccn2)c1. The molecule has 1 fully saturated rings. The van der Waals surface area contributed by atoms with E-state index < -0.39 is 24.1 Å². The molecule has 4 heterocycles. The zero-order valence-electron chi connectivity index (χ0n) is 20.6. The van der Waals surface area contributed by atoms with Crippen LogP contribution < -0.4 is 20.3 Å². The van der Waals surface area contributed by atoms with E-state index >= 15 is 0 Å². The standard InChI is InChI=1S/C27H20F3N7O3/c1-17-25(38)37(19-8-10-20(11-9-19)40-27(28,29)30)26(39)36(17)16-18-14-23(33-21-6-2-4-12-31-21)35-24(15-18)34-22-7-3-5-13-32-22/h2-15H,1,16H2,(H2,31,32,33,34,35). The van der Waals surface area contributed by atoms with Crippen LogP contribution in [0.15, 0.2) is 97.5 Å². The average Bonchev–Trinajstić information content (AvgIpc) is 3.12. The van der Waals surface area contributed by atoms with Crippen LogP contribution in [-0.4, -0.2) is 38.2 Å². The molecule has 13 heteroatoms. The summed E-state index contributed by atoms with van der Waals surface area (Å²) in [4.78, 5) is 41.3. The van der Waals surface area contributed by atoms with Gasteiger partial charge in [0, 0.05) is 12.4 Å². The Kier molecular flexibility index (Phi) is 7.01. The van der Waals surface area contributed by atoms with E-state index in [1.165, 1.54) is 17.0 Å². The Morgan fingerprint density at radius 2 is 1.40 bits per heavy atom. The Morgan fingerprint density at radius 1 is 0.825 bits per heavy atom. The van der Waals surface area contributed by atoms with Crippen LogP contribution >= 0.6 is 0 Å². The third-order valence-electron chi connectivity index (χ3n) is 5.59. The summed E-state index contributed by atoms with van der Waals surface area (Å²) in [6.45, 7) is 3.71. The van der Waals surface area contributed by atoms with Crippen LogP contribution in [0.1, 0.15) is 5.56 Å². The highest BCUT2D eigenvalue weighted by molar-refractivity contribution is 6.26. The second-order valence-electron chi connectivity index (χ2n) is 8.42. The van der Waals surface area contributed by atoms with Crippen LogP contribution in [0.3, 0.4) is 0 Å². The minimum absolute atomic E-state index is 0.0501. The molecule has 0 unspecified atom stereocenters. The molecule has 0 atom stereocenters. The highest BCUT2D eigenvalue weighted by atomic mass is 19.4. The Hall–Kier alpha value is -5.46. The molecule has 5 rings (SSSR count). The third-order valence-corrected chi connectivity index (χ3v) is 5.59. The molecule has 202 valence electrons. The average molecular weight is 547 g/mol. The van der Waals surface area contributed by atoms with Crippen molar-refractivity contribution < 1.29 is 27.5 Å². The van der Waals surface area contributed by atoms with Gasteiger partial charge in [-0.25, -0.2) is 24.6 Å². The van der Waals surface area contributed by atoms with Gasteiger partial charge in [-0.15, -0.1) is 13.2 Å². The highest BCUT2D eigenvalue weighted by Crippen LogP contribution is 2.31. The van der Waals surface area contributed by atoms with Gasteiger partial charge in [-0.2, -0.15) is 0 Å². The van der Waals surface area contributed by atoms with Crippen molar-refractivity contribution in [2.45, 2.75) is 12.9 Å². The van der Waals surface area contributed by atoms with Gasteiger partial charge in [0.1, 0.15) is 34.7 Å². The maximum Gasteiger partial charge on any atom is 0.573 e. The number of hydrogen-bond acceptors (Lipinski definition) is 8. The van der Waals surface area contributed by atoms with E-state index in [0.29, 0.717) is 28.8 Å². The van der Waals surface area contributed by atoms with Crippen molar-refractivity contribution in [3.05, 3.63) is 103 Å². The first-order valence-corrected chi connectivity index (χ1v) is 11.7. The summed E-state index contributed by atoms with van der Waals surface area (Å²) < 4.78 is 41.4. The first-order valence-electron chi connectivity index (χ1n) is 11.7. The number of alkyl halides is 3. The number of aromatic nitrogens is 3. The third kappa shape index (κ3) is 5.99. The predicted molar refractivity (Wildman–Crippen MR) is 140 cm³/mol. The fourth-order valence-electron chi connectivity index (χ4n) is 3.88. The predicted octanol–water partition coefficient (Wildman–Crippen LogP) is 5.74. The smallest absolute Gasteiger partial charge is 0.406 e. The fourth-order valence-corrected chi connectivity index (χ4v) is 3.88. The van der Waals surface area contributed by atoms with Crippen molar-refractivity contribution in [1.82, 2.24) is 19.9 Å². The van der Waals surface area contributed by atoms with Crippen molar-refractivity contribution in [2.24, 2.45) is 0 Å². The summed E-state index contributed by atoms with van der Waals surface area (Å²) in [6.07, 6.45) is -1.63. The van der Waals surface area contributed by atoms with Gasteiger partial charge in [0.05, 0.1) is 12.2 Å². The van der Waals surface area contributed by atoms with Gasteiger partial charge in [0.2, 0.25) is 0 Å². The van der Waals surface area contributed by atoms with Crippen LogP contribution in [0, 0.1) is 0 Å². The summed E-state index contributed by atoms with van der Waals surface area (Å²) in [5.41, 5.74) is 0.554. The van der Waals surface area contributed by atoms with Gasteiger partial charge in [-0.3, -0.25) is 9.69 Å². The first-order chi connectivity index (χ1) is 19.2. The number of rotatable bonds is 8. The topological polar surface area (TPSA) is 113 Å². The summed E-state index contributed by atoms with van der Waals surface area (Å²) in [7, 11) is 0. The number of nitrogens with zero attached hydrogens (tertiary/aromatic N) is 5. The molecule has 0 spiro atoms. The number of carbonyl (C=O) groups is 2. The summed E-state index contributed by atoms with van der Waals surface area (Å²) in [6, 6.07) is 17.7. The molecule has 10 nitrogen and oxygen atoms in total. The van der Waals surface area contributed by atoms with E-state index in [2.05, 4.69) is 36.9 Å². The lowest BCUT2D eigenvalue weighted by Crippen LogP contribution is -2.32. The zero-order valence-corrected chi connectivity index (χ0v) is 20.6. The molecule has 3 amide bonds. The number of pyridine rings is 3. The molecule has 0 aliphatic carbocycles. The molecule has 40 heavy (non-hydrogen) atoms. The molecule has 0 radical (unpaired) electrons. The van der Waals surface area contributed by atoms with Crippen molar-refractivity contribution in [1.29, 1.82) is 0 Å². The number of imide groups is 1. The Bertz CT molecular complexity index is 1490. The van der Waals surface area contributed by atoms with E-state index in [1.54, 1.807) is 60.9 Å². The molecule has 4 aromatic rings. The van der Waals surface area contributed by atoms with Gasteiger partial charge in [-0.05, 0) is 66.2 Å². The van der Waals surface area contributed by atoms with Crippen LogP contribution in [0.5, 0.6) is 5.75 Å². The monoisotopic (exact) mass is 547 g/mol. The Balaban J connectivity index is 1.40. The number of anilines is 5. The summed E-state index contributed by atoms with van der Waals surface area (Å²) in [5.74, 6) is 0.713. The molecular weight excluding hydrogens is 527 g/mol. The molecule has 1 aliphatic rings. The number of urea groups is 1. The summed E-state index contributed by atoms with van der Waals surface area (Å²) >= 11 is 0. The number of carbonyl (C=O) groups excluding carboxylic acids is 2. The normalized spacial score (nSPS) is 13.5. The van der Waals surface area contributed by atoms with Crippen LogP contribution in [0.2, 0.25) is 0 Å². The lowest BCUT2D eigenvalue weighted by Gasteiger charge is -2.18. The van der Waals surface area contributed by atoms with Crippen LogP contribution in [0.25, 0.3) is 0 Å². The van der Waals surface area contributed by atoms with E-state index in [-0.39, 0.29) is 17.9 Å². The number of amides is 3. The number of hydrogen-bond donors (Lipinski definition) is 2. The highest BCUT2D eigenvalue weighted by Gasteiger charge is 2.41. The van der Waals surface area contributed by atoms with Crippen molar-refractivity contribution in [3.8, 4) is 5.75 Å². The van der Waals surface area contributed by atoms with Crippen LogP contribution in [0.4, 0.5) is 46.9 Å². The van der Waals surface area contributed by atoms with Crippen molar-refractivity contribution in [3.63, 3.8) is 0 Å². The van der Waals surface area contributed by atoms with Gasteiger partial charge in [-0.1, -0.05) is 18.7 Å². The molecule has 1 aromatic carbocycles. The maximum absolute atomic E-state index is 13.3. The van der Waals surface area contributed by atoms with E-state index in [1.807, 2.05) is 0 Å². The number of benzene rings is 1. The summed E-state index contributed by atoms with van der Waals surface area (Å²) in [5, 5.41) is 6.21. The second-order valence-corrected chi connectivity index (χ2v) is 8.42. The maximum atomic E-state index is 13.3. The first kappa shape index (κ1) is 26.2.